The Bertz CT molecular complexity index is 255. The van der Waals surface area contributed by atoms with Crippen LogP contribution >= 0.6 is 0 Å². The number of hydrogen-bond donors (Lipinski definition) is 1. The Balaban J connectivity index is 2.86. The van der Waals surface area contributed by atoms with Gasteiger partial charge >= 0.3 is 0 Å². The molecule has 0 radical (unpaired) electrons. The van der Waals surface area contributed by atoms with Gasteiger partial charge in [-0.2, -0.15) is 0 Å². The van der Waals surface area contributed by atoms with E-state index in [0.717, 1.165) is 11.4 Å². The van der Waals surface area contributed by atoms with Crippen LogP contribution in [0.1, 0.15) is 11.4 Å². The summed E-state index contributed by atoms with van der Waals surface area (Å²) in [7, 11) is 0. The number of aryl methyl sites for hydroxylation is 1. The maximum Gasteiger partial charge on any atom is 0.0839 e. The molecule has 0 aliphatic carbocycles. The molecule has 0 bridgehead atoms. The summed E-state index contributed by atoms with van der Waals surface area (Å²) in [5.41, 5.74) is 7.11. The van der Waals surface area contributed by atoms with Gasteiger partial charge < -0.3 is 5.73 Å². The zero-order valence-electron chi connectivity index (χ0n) is 6.49. The summed E-state index contributed by atoms with van der Waals surface area (Å²) in [6.07, 6.45) is 7.08. The summed E-state index contributed by atoms with van der Waals surface area (Å²) in [5.74, 6) is 0. The van der Waals surface area contributed by atoms with Gasteiger partial charge in [-0.3, -0.25) is 9.97 Å². The van der Waals surface area contributed by atoms with Gasteiger partial charge in [-0.25, -0.2) is 0 Å². The van der Waals surface area contributed by atoms with Crippen molar-refractivity contribution in [2.45, 2.75) is 6.92 Å². The molecule has 3 nitrogen and oxygen atoms in total. The summed E-state index contributed by atoms with van der Waals surface area (Å²) in [6, 6.07) is 0. The molecule has 1 aromatic heterocycles. The van der Waals surface area contributed by atoms with Crippen molar-refractivity contribution in [3.05, 3.63) is 29.9 Å². The van der Waals surface area contributed by atoms with Crippen LogP contribution in [0.3, 0.4) is 0 Å². The highest BCUT2D eigenvalue weighted by Crippen LogP contribution is 2.00. The van der Waals surface area contributed by atoms with Gasteiger partial charge in [-0.1, -0.05) is 6.08 Å². The van der Waals surface area contributed by atoms with Crippen LogP contribution < -0.4 is 5.73 Å². The van der Waals surface area contributed by atoms with Gasteiger partial charge in [0.1, 0.15) is 0 Å². The normalized spacial score (nSPS) is 10.7. The maximum absolute atomic E-state index is 5.29. The molecular weight excluding hydrogens is 138 g/mol. The van der Waals surface area contributed by atoms with Crippen molar-refractivity contribution in [1.29, 1.82) is 0 Å². The Morgan fingerprint density at radius 1 is 1.45 bits per heavy atom. The molecule has 0 aromatic carbocycles. The number of hydrogen-bond acceptors (Lipinski definition) is 3. The predicted octanol–water partition coefficient (Wildman–Crippen LogP) is 0.757. The lowest BCUT2D eigenvalue weighted by Crippen LogP contribution is -1.94. The average molecular weight is 149 g/mol. The van der Waals surface area contributed by atoms with Crippen molar-refractivity contribution in [1.82, 2.24) is 9.97 Å². The summed E-state index contributed by atoms with van der Waals surface area (Å²) in [4.78, 5) is 8.19. The van der Waals surface area contributed by atoms with Crippen LogP contribution in [-0.4, -0.2) is 16.5 Å². The first-order valence-corrected chi connectivity index (χ1v) is 3.49. The van der Waals surface area contributed by atoms with Crippen LogP contribution in [0.5, 0.6) is 0 Å². The molecule has 2 N–H and O–H groups in total. The van der Waals surface area contributed by atoms with E-state index in [-0.39, 0.29) is 0 Å². The number of aromatic nitrogens is 2. The van der Waals surface area contributed by atoms with Crippen LogP contribution in [0, 0.1) is 6.92 Å². The van der Waals surface area contributed by atoms with E-state index >= 15 is 0 Å². The average Bonchev–Trinajstić information content (AvgIpc) is 2.03. The molecule has 0 amide bonds. The monoisotopic (exact) mass is 149 g/mol. The minimum absolute atomic E-state index is 0.538. The third-order valence-corrected chi connectivity index (χ3v) is 1.33. The van der Waals surface area contributed by atoms with Crippen molar-refractivity contribution in [2.24, 2.45) is 5.73 Å². The summed E-state index contributed by atoms with van der Waals surface area (Å²) >= 11 is 0. The Kier molecular flexibility index (Phi) is 2.74. The lowest BCUT2D eigenvalue weighted by atomic mass is 10.3. The van der Waals surface area contributed by atoms with E-state index < -0.39 is 0 Å². The van der Waals surface area contributed by atoms with Gasteiger partial charge in [-0.05, 0) is 13.0 Å². The van der Waals surface area contributed by atoms with E-state index in [2.05, 4.69) is 9.97 Å². The van der Waals surface area contributed by atoms with Gasteiger partial charge in [0.15, 0.2) is 0 Å². The molecule has 0 fully saturated rings. The van der Waals surface area contributed by atoms with Crippen molar-refractivity contribution in [3.8, 4) is 0 Å². The van der Waals surface area contributed by atoms with E-state index in [1.54, 1.807) is 12.4 Å². The Morgan fingerprint density at radius 2 is 2.18 bits per heavy atom. The minimum atomic E-state index is 0.538. The van der Waals surface area contributed by atoms with Crippen LogP contribution in [0.2, 0.25) is 0 Å². The fraction of sp³-hybridized carbons (Fsp3) is 0.250. The topological polar surface area (TPSA) is 51.8 Å². The van der Waals surface area contributed by atoms with Gasteiger partial charge in [-0.15, -0.1) is 0 Å². The molecule has 1 heterocycles. The lowest BCUT2D eigenvalue weighted by molar-refractivity contribution is 1.10. The molecule has 0 saturated heterocycles. The standard InChI is InChI=1S/C8H11N3/c1-7-8(3-2-4-9)11-6-5-10-7/h2-3,5-6H,4,9H2,1H3/b3-2+. The Hall–Kier alpha value is -1.22. The highest BCUT2D eigenvalue weighted by Gasteiger charge is 1.91. The quantitative estimate of drug-likeness (QED) is 0.675. The molecule has 0 saturated carbocycles. The summed E-state index contributed by atoms with van der Waals surface area (Å²) in [5, 5.41) is 0. The van der Waals surface area contributed by atoms with Crippen molar-refractivity contribution >= 4 is 6.08 Å². The summed E-state index contributed by atoms with van der Waals surface area (Å²) < 4.78 is 0. The fourth-order valence-corrected chi connectivity index (χ4v) is 0.762. The molecular formula is C8H11N3. The van der Waals surface area contributed by atoms with E-state index in [9.17, 15) is 0 Å². The molecule has 1 aromatic rings. The Labute approximate surface area is 66.0 Å². The highest BCUT2D eigenvalue weighted by atomic mass is 14.8. The molecule has 0 unspecified atom stereocenters. The molecule has 3 heteroatoms. The number of rotatable bonds is 2. The molecule has 0 atom stereocenters. The van der Waals surface area contributed by atoms with Gasteiger partial charge in [0, 0.05) is 18.9 Å². The van der Waals surface area contributed by atoms with Crippen molar-refractivity contribution < 1.29 is 0 Å². The van der Waals surface area contributed by atoms with Crippen molar-refractivity contribution in [2.75, 3.05) is 6.54 Å². The predicted molar refractivity (Wildman–Crippen MR) is 44.9 cm³/mol. The van der Waals surface area contributed by atoms with Crippen LogP contribution in [0.4, 0.5) is 0 Å². The first-order valence-electron chi connectivity index (χ1n) is 3.49. The summed E-state index contributed by atoms with van der Waals surface area (Å²) in [6.45, 7) is 2.46. The van der Waals surface area contributed by atoms with Crippen LogP contribution in [-0.2, 0) is 0 Å². The van der Waals surface area contributed by atoms with Gasteiger partial charge in [0.25, 0.3) is 0 Å². The third kappa shape index (κ3) is 2.13. The minimum Gasteiger partial charge on any atom is -0.327 e. The zero-order valence-corrected chi connectivity index (χ0v) is 6.49. The fourth-order valence-electron chi connectivity index (χ4n) is 0.762. The van der Waals surface area contributed by atoms with Gasteiger partial charge in [0.05, 0.1) is 11.4 Å². The van der Waals surface area contributed by atoms with E-state index in [1.165, 1.54) is 0 Å². The number of nitrogens with zero attached hydrogens (tertiary/aromatic N) is 2. The second-order valence-electron chi connectivity index (χ2n) is 2.17. The molecule has 0 aliphatic rings. The second-order valence-corrected chi connectivity index (χ2v) is 2.17. The second kappa shape index (κ2) is 3.83. The van der Waals surface area contributed by atoms with Crippen LogP contribution in [0.15, 0.2) is 18.5 Å². The first-order chi connectivity index (χ1) is 5.34. The van der Waals surface area contributed by atoms with Gasteiger partial charge in [0.2, 0.25) is 0 Å². The molecule has 11 heavy (non-hydrogen) atoms. The lowest BCUT2D eigenvalue weighted by Gasteiger charge is -1.94. The van der Waals surface area contributed by atoms with E-state index in [0.29, 0.717) is 6.54 Å². The number of nitrogens with two attached hydrogens (primary N) is 1. The third-order valence-electron chi connectivity index (χ3n) is 1.33. The SMILES string of the molecule is Cc1nccnc1/C=C/CN. The maximum atomic E-state index is 5.29. The van der Waals surface area contributed by atoms with E-state index in [1.807, 2.05) is 19.1 Å². The zero-order chi connectivity index (χ0) is 8.10. The smallest absolute Gasteiger partial charge is 0.0839 e. The van der Waals surface area contributed by atoms with E-state index in [4.69, 9.17) is 5.73 Å². The van der Waals surface area contributed by atoms with Crippen LogP contribution in [0.25, 0.3) is 6.08 Å². The molecule has 1 rings (SSSR count). The highest BCUT2D eigenvalue weighted by molar-refractivity contribution is 5.46. The molecule has 0 spiro atoms. The largest absolute Gasteiger partial charge is 0.327 e. The Morgan fingerprint density at radius 3 is 2.82 bits per heavy atom. The first kappa shape index (κ1) is 7.88. The van der Waals surface area contributed by atoms with Crippen molar-refractivity contribution in [3.63, 3.8) is 0 Å². The molecule has 58 valence electrons. The molecule has 0 aliphatic heterocycles.